The predicted molar refractivity (Wildman–Crippen MR) is 108 cm³/mol. The number of rotatable bonds is 7. The third-order valence-electron chi connectivity index (χ3n) is 3.99. The van der Waals surface area contributed by atoms with Crippen LogP contribution in [0.2, 0.25) is 5.02 Å². The molecule has 1 aromatic heterocycles. The van der Waals surface area contributed by atoms with E-state index in [4.69, 9.17) is 11.6 Å². The molecule has 9 heteroatoms. The van der Waals surface area contributed by atoms with E-state index >= 15 is 0 Å². The Hall–Kier alpha value is -2.81. The first-order valence-corrected chi connectivity index (χ1v) is 10.4. The van der Waals surface area contributed by atoms with Crippen molar-refractivity contribution in [1.29, 1.82) is 0 Å². The van der Waals surface area contributed by atoms with E-state index in [0.29, 0.717) is 16.3 Å². The third-order valence-corrected chi connectivity index (χ3v) is 6.02. The molecule has 0 saturated heterocycles. The van der Waals surface area contributed by atoms with Crippen molar-refractivity contribution in [3.8, 4) is 0 Å². The summed E-state index contributed by atoms with van der Waals surface area (Å²) >= 11 is 5.89. The number of hydrogen-bond acceptors (Lipinski definition) is 4. The highest BCUT2D eigenvalue weighted by Gasteiger charge is 2.27. The summed E-state index contributed by atoms with van der Waals surface area (Å²) in [4.78, 5) is 16.3. The average Bonchev–Trinajstić information content (AvgIpc) is 2.71. The first kappa shape index (κ1) is 20.9. The standard InChI is InChI=1S/C20H17ClFN3O3S/c21-16-5-3-15(4-6-16)13-25(29(27,28)19-2-1-11-23-12-19)14-20(26)24-18-9-7-17(22)8-10-18/h1-12H,13-14H2,(H,24,26). The molecule has 3 rings (SSSR count). The van der Waals surface area contributed by atoms with Gasteiger partial charge < -0.3 is 5.32 Å². The molecule has 0 atom stereocenters. The van der Waals surface area contributed by atoms with Gasteiger partial charge in [-0.2, -0.15) is 4.31 Å². The van der Waals surface area contributed by atoms with E-state index in [0.717, 1.165) is 4.31 Å². The van der Waals surface area contributed by atoms with Gasteiger partial charge in [-0.15, -0.1) is 0 Å². The molecule has 0 aliphatic carbocycles. The Morgan fingerprint density at radius 2 is 1.76 bits per heavy atom. The number of carbonyl (C=O) groups excluding carboxylic acids is 1. The molecule has 0 radical (unpaired) electrons. The second-order valence-corrected chi connectivity index (χ2v) is 8.52. The van der Waals surface area contributed by atoms with Crippen LogP contribution in [-0.2, 0) is 21.4 Å². The SMILES string of the molecule is O=C(CN(Cc1ccc(Cl)cc1)S(=O)(=O)c1cccnc1)Nc1ccc(F)cc1. The van der Waals surface area contributed by atoms with E-state index in [1.54, 1.807) is 24.3 Å². The van der Waals surface area contributed by atoms with Crippen molar-refractivity contribution < 1.29 is 17.6 Å². The number of nitrogens with one attached hydrogen (secondary N) is 1. The molecule has 0 bridgehead atoms. The fraction of sp³-hybridized carbons (Fsp3) is 0.100. The lowest BCUT2D eigenvalue weighted by molar-refractivity contribution is -0.116. The van der Waals surface area contributed by atoms with Crippen LogP contribution in [0.3, 0.4) is 0 Å². The number of anilines is 1. The zero-order valence-electron chi connectivity index (χ0n) is 15.1. The van der Waals surface area contributed by atoms with Crippen LogP contribution in [0.15, 0.2) is 78.0 Å². The molecule has 1 amide bonds. The smallest absolute Gasteiger partial charge is 0.245 e. The van der Waals surface area contributed by atoms with E-state index < -0.39 is 28.3 Å². The van der Waals surface area contributed by atoms with E-state index in [2.05, 4.69) is 10.3 Å². The molecule has 0 aliphatic heterocycles. The number of halogens is 2. The van der Waals surface area contributed by atoms with Gasteiger partial charge in [0.2, 0.25) is 15.9 Å². The van der Waals surface area contributed by atoms with Crippen LogP contribution in [0.4, 0.5) is 10.1 Å². The summed E-state index contributed by atoms with van der Waals surface area (Å²) in [5.74, 6) is -0.996. The van der Waals surface area contributed by atoms with E-state index in [9.17, 15) is 17.6 Å². The molecule has 1 N–H and O–H groups in total. The second-order valence-electron chi connectivity index (χ2n) is 6.14. The van der Waals surface area contributed by atoms with Gasteiger partial charge >= 0.3 is 0 Å². The zero-order chi connectivity index (χ0) is 20.9. The number of aromatic nitrogens is 1. The highest BCUT2D eigenvalue weighted by molar-refractivity contribution is 7.89. The van der Waals surface area contributed by atoms with Gasteiger partial charge in [-0.25, -0.2) is 12.8 Å². The summed E-state index contributed by atoms with van der Waals surface area (Å²) in [6.45, 7) is -0.470. The van der Waals surface area contributed by atoms with Gasteiger partial charge in [-0.05, 0) is 54.1 Å². The van der Waals surface area contributed by atoms with Crippen LogP contribution in [0.1, 0.15) is 5.56 Å². The minimum Gasteiger partial charge on any atom is -0.325 e. The Labute approximate surface area is 173 Å². The van der Waals surface area contributed by atoms with Crippen molar-refractivity contribution >= 4 is 33.2 Å². The van der Waals surface area contributed by atoms with Crippen molar-refractivity contribution in [3.63, 3.8) is 0 Å². The van der Waals surface area contributed by atoms with Crippen molar-refractivity contribution in [2.24, 2.45) is 0 Å². The summed E-state index contributed by atoms with van der Waals surface area (Å²) < 4.78 is 40.2. The zero-order valence-corrected chi connectivity index (χ0v) is 16.7. The molecule has 6 nitrogen and oxygen atoms in total. The highest BCUT2D eigenvalue weighted by Crippen LogP contribution is 2.19. The predicted octanol–water partition coefficient (Wildman–Crippen LogP) is 3.70. The van der Waals surface area contributed by atoms with Crippen molar-refractivity contribution in [2.75, 3.05) is 11.9 Å². The Balaban J connectivity index is 1.84. The quantitative estimate of drug-likeness (QED) is 0.616. The van der Waals surface area contributed by atoms with Crippen LogP contribution >= 0.6 is 11.6 Å². The second kappa shape index (κ2) is 9.13. The van der Waals surface area contributed by atoms with Crippen molar-refractivity contribution in [3.05, 3.63) is 89.5 Å². The maximum absolute atomic E-state index is 13.1. The number of hydrogen-bond donors (Lipinski definition) is 1. The topological polar surface area (TPSA) is 79.4 Å². The van der Waals surface area contributed by atoms with Crippen LogP contribution in [0, 0.1) is 5.82 Å². The lowest BCUT2D eigenvalue weighted by Crippen LogP contribution is -2.37. The van der Waals surface area contributed by atoms with E-state index in [-0.39, 0.29) is 11.4 Å². The molecule has 1 heterocycles. The molecular formula is C20H17ClFN3O3S. The van der Waals surface area contributed by atoms with Gasteiger partial charge in [0.25, 0.3) is 0 Å². The third kappa shape index (κ3) is 5.60. The minimum atomic E-state index is -3.99. The van der Waals surface area contributed by atoms with Crippen LogP contribution in [0.5, 0.6) is 0 Å². The van der Waals surface area contributed by atoms with Crippen LogP contribution < -0.4 is 5.32 Å². The van der Waals surface area contributed by atoms with Gasteiger partial charge in [0.15, 0.2) is 0 Å². The first-order valence-electron chi connectivity index (χ1n) is 8.54. The fourth-order valence-corrected chi connectivity index (χ4v) is 4.04. The number of benzene rings is 2. The number of amides is 1. The van der Waals surface area contributed by atoms with Gasteiger partial charge in [0, 0.05) is 29.6 Å². The molecule has 0 unspecified atom stereocenters. The van der Waals surface area contributed by atoms with E-state index in [1.165, 1.54) is 48.8 Å². The molecule has 0 fully saturated rings. The first-order chi connectivity index (χ1) is 13.8. The van der Waals surface area contributed by atoms with Gasteiger partial charge in [0.05, 0.1) is 6.54 Å². The molecule has 150 valence electrons. The minimum absolute atomic E-state index is 0.0245. The summed E-state index contributed by atoms with van der Waals surface area (Å²) in [7, 11) is -3.99. The fourth-order valence-electron chi connectivity index (χ4n) is 2.56. The van der Waals surface area contributed by atoms with Gasteiger partial charge in [-0.3, -0.25) is 9.78 Å². The molecule has 0 saturated carbocycles. The number of pyridine rings is 1. The van der Waals surface area contributed by atoms with Crippen molar-refractivity contribution in [2.45, 2.75) is 11.4 Å². The largest absolute Gasteiger partial charge is 0.325 e. The molecule has 0 aliphatic rings. The number of sulfonamides is 1. The van der Waals surface area contributed by atoms with E-state index in [1.807, 2.05) is 0 Å². The maximum atomic E-state index is 13.1. The Morgan fingerprint density at radius 1 is 1.07 bits per heavy atom. The van der Waals surface area contributed by atoms with Gasteiger partial charge in [-0.1, -0.05) is 23.7 Å². The lowest BCUT2D eigenvalue weighted by Gasteiger charge is -2.22. The Kier molecular flexibility index (Phi) is 6.58. The Morgan fingerprint density at radius 3 is 2.38 bits per heavy atom. The molecule has 29 heavy (non-hydrogen) atoms. The summed E-state index contributed by atoms with van der Waals surface area (Å²) in [6.07, 6.45) is 2.69. The molecule has 2 aromatic carbocycles. The normalized spacial score (nSPS) is 11.4. The maximum Gasteiger partial charge on any atom is 0.245 e. The number of carbonyl (C=O) groups is 1. The van der Waals surface area contributed by atoms with Gasteiger partial charge in [0.1, 0.15) is 10.7 Å². The number of nitrogens with zero attached hydrogens (tertiary/aromatic N) is 2. The summed E-state index contributed by atoms with van der Waals surface area (Å²) in [5, 5.41) is 3.09. The monoisotopic (exact) mass is 433 g/mol. The summed E-state index contributed by atoms with van der Waals surface area (Å²) in [5.41, 5.74) is 1.03. The van der Waals surface area contributed by atoms with Crippen molar-refractivity contribution in [1.82, 2.24) is 9.29 Å². The van der Waals surface area contributed by atoms with Crippen LogP contribution in [0.25, 0.3) is 0 Å². The van der Waals surface area contributed by atoms with Crippen LogP contribution in [-0.4, -0.2) is 30.2 Å². The average molecular weight is 434 g/mol. The molecule has 0 spiro atoms. The summed E-state index contributed by atoms with van der Waals surface area (Å²) in [6, 6.07) is 14.8. The Bertz CT molecular complexity index is 1080. The lowest BCUT2D eigenvalue weighted by atomic mass is 10.2. The highest BCUT2D eigenvalue weighted by atomic mass is 35.5. The molecule has 3 aromatic rings. The molecular weight excluding hydrogens is 417 g/mol.